The maximum Gasteiger partial charge on any atom is 0.305 e. The first-order valence-electron chi connectivity index (χ1n) is 9.04. The second kappa shape index (κ2) is 15.3. The van der Waals surface area contributed by atoms with Crippen molar-refractivity contribution < 1.29 is 19.7 Å². The van der Waals surface area contributed by atoms with Crippen molar-refractivity contribution in [3.8, 4) is 0 Å². The van der Waals surface area contributed by atoms with Gasteiger partial charge in [0.2, 0.25) is 0 Å². The number of ether oxygens (including phenoxy) is 1. The van der Waals surface area contributed by atoms with Crippen molar-refractivity contribution in [3.63, 3.8) is 0 Å². The maximum absolute atomic E-state index is 11.3. The Morgan fingerprint density at radius 2 is 1.55 bits per heavy atom. The number of aliphatic hydroxyl groups excluding tert-OH is 2. The Labute approximate surface area is 136 Å². The van der Waals surface area contributed by atoms with Crippen molar-refractivity contribution in [2.75, 3.05) is 13.2 Å². The third-order valence-corrected chi connectivity index (χ3v) is 4.17. The van der Waals surface area contributed by atoms with Crippen LogP contribution in [0, 0.1) is 5.92 Å². The molecule has 0 saturated carbocycles. The fourth-order valence-corrected chi connectivity index (χ4v) is 2.34. The molecule has 0 heterocycles. The van der Waals surface area contributed by atoms with Crippen LogP contribution >= 0.6 is 0 Å². The monoisotopic (exact) mass is 316 g/mol. The van der Waals surface area contributed by atoms with E-state index in [4.69, 9.17) is 14.9 Å². The molecule has 2 atom stereocenters. The predicted octanol–water partition coefficient (Wildman–Crippen LogP) is 3.83. The highest BCUT2D eigenvalue weighted by atomic mass is 16.5. The lowest BCUT2D eigenvalue weighted by atomic mass is 9.99. The van der Waals surface area contributed by atoms with Crippen molar-refractivity contribution in [1.29, 1.82) is 0 Å². The summed E-state index contributed by atoms with van der Waals surface area (Å²) in [5, 5.41) is 17.7. The normalized spacial score (nSPS) is 13.8. The van der Waals surface area contributed by atoms with Gasteiger partial charge in [-0.25, -0.2) is 0 Å². The molecule has 4 heteroatoms. The molecule has 0 amide bonds. The summed E-state index contributed by atoms with van der Waals surface area (Å²) in [7, 11) is 0. The summed E-state index contributed by atoms with van der Waals surface area (Å²) in [6, 6.07) is 0. The zero-order valence-corrected chi connectivity index (χ0v) is 14.6. The Bertz CT molecular complexity index is 255. The van der Waals surface area contributed by atoms with Crippen LogP contribution in [0.15, 0.2) is 0 Å². The van der Waals surface area contributed by atoms with Gasteiger partial charge in [0.25, 0.3) is 0 Å². The molecule has 0 spiro atoms. The number of aliphatic hydroxyl groups is 2. The highest BCUT2D eigenvalue weighted by Gasteiger charge is 2.07. The van der Waals surface area contributed by atoms with E-state index in [-0.39, 0.29) is 19.2 Å². The molecule has 0 unspecified atom stereocenters. The maximum atomic E-state index is 11.3. The van der Waals surface area contributed by atoms with Crippen molar-refractivity contribution in [2.24, 2.45) is 5.92 Å². The molecule has 2 N–H and O–H groups in total. The zero-order valence-electron chi connectivity index (χ0n) is 14.6. The van der Waals surface area contributed by atoms with Crippen LogP contribution in [0.3, 0.4) is 0 Å². The number of rotatable bonds is 15. The Balaban J connectivity index is 3.21. The summed E-state index contributed by atoms with van der Waals surface area (Å²) in [6.45, 7) is 4.11. The summed E-state index contributed by atoms with van der Waals surface area (Å²) in [6.07, 6.45) is 11.8. The Kier molecular flexibility index (Phi) is 14.9. The van der Waals surface area contributed by atoms with E-state index >= 15 is 0 Å². The minimum absolute atomic E-state index is 0.105. The lowest BCUT2D eigenvalue weighted by Crippen LogP contribution is -2.21. The van der Waals surface area contributed by atoms with E-state index in [1.54, 1.807) is 0 Å². The summed E-state index contributed by atoms with van der Waals surface area (Å²) in [5.41, 5.74) is 0. The van der Waals surface area contributed by atoms with E-state index in [0.717, 1.165) is 18.8 Å². The molecule has 0 aliphatic heterocycles. The van der Waals surface area contributed by atoms with Gasteiger partial charge in [-0.1, -0.05) is 71.6 Å². The van der Waals surface area contributed by atoms with Crippen LogP contribution in [0.2, 0.25) is 0 Å². The van der Waals surface area contributed by atoms with Crippen LogP contribution in [0.5, 0.6) is 0 Å². The number of esters is 1. The number of hydrogen-bond donors (Lipinski definition) is 2. The van der Waals surface area contributed by atoms with E-state index in [1.165, 1.54) is 51.4 Å². The minimum Gasteiger partial charge on any atom is -0.463 e. The van der Waals surface area contributed by atoms with Crippen LogP contribution in [-0.4, -0.2) is 35.5 Å². The van der Waals surface area contributed by atoms with Crippen molar-refractivity contribution >= 4 is 5.97 Å². The van der Waals surface area contributed by atoms with Gasteiger partial charge in [-0.3, -0.25) is 4.79 Å². The summed E-state index contributed by atoms with van der Waals surface area (Å²) in [5.74, 6) is 0.593. The summed E-state index contributed by atoms with van der Waals surface area (Å²) < 4.78 is 4.85. The van der Waals surface area contributed by atoms with Gasteiger partial charge in [0, 0.05) is 6.42 Å². The average Bonchev–Trinajstić information content (AvgIpc) is 2.53. The van der Waals surface area contributed by atoms with E-state index in [2.05, 4.69) is 13.8 Å². The second-order valence-electron chi connectivity index (χ2n) is 6.40. The van der Waals surface area contributed by atoms with Crippen LogP contribution < -0.4 is 0 Å². The van der Waals surface area contributed by atoms with E-state index < -0.39 is 6.10 Å². The van der Waals surface area contributed by atoms with Crippen LogP contribution in [0.25, 0.3) is 0 Å². The lowest BCUT2D eigenvalue weighted by Gasteiger charge is -2.08. The molecule has 0 aliphatic rings. The largest absolute Gasteiger partial charge is 0.463 e. The van der Waals surface area contributed by atoms with Gasteiger partial charge >= 0.3 is 5.97 Å². The molecule has 0 aromatic heterocycles. The summed E-state index contributed by atoms with van der Waals surface area (Å²) in [4.78, 5) is 11.3. The van der Waals surface area contributed by atoms with Gasteiger partial charge in [-0.15, -0.1) is 0 Å². The Hall–Kier alpha value is -0.610. The fourth-order valence-electron chi connectivity index (χ4n) is 2.34. The quantitative estimate of drug-likeness (QED) is 0.356. The van der Waals surface area contributed by atoms with Gasteiger partial charge in [-0.05, 0) is 12.3 Å². The molecule has 0 aromatic carbocycles. The molecule has 0 radical (unpaired) electrons. The van der Waals surface area contributed by atoms with Crippen LogP contribution in [0.1, 0.15) is 84.5 Å². The first kappa shape index (κ1) is 21.4. The molecule has 0 bridgehead atoms. The Morgan fingerprint density at radius 1 is 1.00 bits per heavy atom. The highest BCUT2D eigenvalue weighted by molar-refractivity contribution is 5.69. The third-order valence-electron chi connectivity index (χ3n) is 4.17. The van der Waals surface area contributed by atoms with Gasteiger partial charge < -0.3 is 14.9 Å². The third kappa shape index (κ3) is 14.3. The number of carbonyl (C=O) groups is 1. The van der Waals surface area contributed by atoms with Crippen molar-refractivity contribution in [2.45, 2.75) is 90.6 Å². The van der Waals surface area contributed by atoms with E-state index in [1.807, 2.05) is 0 Å². The number of carbonyl (C=O) groups excluding carboxylic acids is 1. The zero-order chi connectivity index (χ0) is 16.6. The van der Waals surface area contributed by atoms with Crippen LogP contribution in [0.4, 0.5) is 0 Å². The van der Waals surface area contributed by atoms with Crippen molar-refractivity contribution in [1.82, 2.24) is 0 Å². The van der Waals surface area contributed by atoms with Gasteiger partial charge in [0.15, 0.2) is 0 Å². The minimum atomic E-state index is -0.954. The predicted molar refractivity (Wildman–Crippen MR) is 89.7 cm³/mol. The van der Waals surface area contributed by atoms with Gasteiger partial charge in [-0.2, -0.15) is 0 Å². The standard InChI is InChI=1S/C18H36O4/c1-3-16(2)12-10-8-6-4-5-7-9-11-13-18(21)22-15-17(20)14-19/h16-17,19-20H,3-15H2,1-2H3/t16-,17-/m0/s1. The molecule has 0 aliphatic carbocycles. The SMILES string of the molecule is CC[C@H](C)CCCCCCCCCCC(=O)OC[C@@H](O)CO. The topological polar surface area (TPSA) is 66.8 Å². The lowest BCUT2D eigenvalue weighted by molar-refractivity contribution is -0.147. The van der Waals surface area contributed by atoms with Crippen LogP contribution in [-0.2, 0) is 9.53 Å². The van der Waals surface area contributed by atoms with Gasteiger partial charge in [0.05, 0.1) is 6.61 Å². The molecular formula is C18H36O4. The molecule has 22 heavy (non-hydrogen) atoms. The fraction of sp³-hybridized carbons (Fsp3) is 0.944. The molecule has 0 saturated heterocycles. The molecule has 132 valence electrons. The molecule has 0 fully saturated rings. The Morgan fingerprint density at radius 3 is 2.09 bits per heavy atom. The van der Waals surface area contributed by atoms with Crippen molar-refractivity contribution in [3.05, 3.63) is 0 Å². The first-order chi connectivity index (χ1) is 10.6. The highest BCUT2D eigenvalue weighted by Crippen LogP contribution is 2.15. The second-order valence-corrected chi connectivity index (χ2v) is 6.40. The van der Waals surface area contributed by atoms with E-state index in [0.29, 0.717) is 6.42 Å². The first-order valence-corrected chi connectivity index (χ1v) is 9.04. The average molecular weight is 316 g/mol. The molecular weight excluding hydrogens is 280 g/mol. The molecule has 4 nitrogen and oxygen atoms in total. The molecule has 0 rings (SSSR count). The summed E-state index contributed by atoms with van der Waals surface area (Å²) >= 11 is 0. The number of hydrogen-bond acceptors (Lipinski definition) is 4. The van der Waals surface area contributed by atoms with E-state index in [9.17, 15) is 4.79 Å². The van der Waals surface area contributed by atoms with Gasteiger partial charge in [0.1, 0.15) is 12.7 Å². The smallest absolute Gasteiger partial charge is 0.305 e. The number of unbranched alkanes of at least 4 members (excludes halogenated alkanes) is 7. The molecule has 0 aromatic rings.